The van der Waals surface area contributed by atoms with Crippen LogP contribution in [0, 0.1) is 3.57 Å². The van der Waals surface area contributed by atoms with Crippen molar-refractivity contribution in [1.82, 2.24) is 5.06 Å². The van der Waals surface area contributed by atoms with Gasteiger partial charge in [-0.3, -0.25) is 9.63 Å². The fourth-order valence-electron chi connectivity index (χ4n) is 2.30. The molecule has 0 fully saturated rings. The van der Waals surface area contributed by atoms with E-state index in [1.807, 2.05) is 32.1 Å². The zero-order chi connectivity index (χ0) is 17.0. The Morgan fingerprint density at radius 3 is 2.87 bits per heavy atom. The molecule has 0 radical (unpaired) electrons. The number of carbonyl (C=O) groups excluding carboxylic acids is 1. The van der Waals surface area contributed by atoms with E-state index in [1.54, 1.807) is 0 Å². The fourth-order valence-corrected chi connectivity index (χ4v) is 3.94. The van der Waals surface area contributed by atoms with Crippen molar-refractivity contribution < 1.29 is 9.63 Å². The van der Waals surface area contributed by atoms with Crippen LogP contribution in [0.15, 0.2) is 27.2 Å². The van der Waals surface area contributed by atoms with Crippen LogP contribution < -0.4 is 5.73 Å². The number of hydrogen-bond donors (Lipinski definition) is 1. The van der Waals surface area contributed by atoms with Gasteiger partial charge in [-0.05, 0) is 54.1 Å². The van der Waals surface area contributed by atoms with Crippen LogP contribution in [0.2, 0.25) is 0 Å². The Morgan fingerprint density at radius 2 is 2.22 bits per heavy atom. The molecule has 0 aromatic heterocycles. The van der Waals surface area contributed by atoms with Crippen LogP contribution in [0.4, 0.5) is 5.69 Å². The molecule has 7 heteroatoms. The number of amides is 1. The third kappa shape index (κ3) is 4.54. The second-order valence-electron chi connectivity index (χ2n) is 5.09. The number of hydroxylamine groups is 2. The summed E-state index contributed by atoms with van der Waals surface area (Å²) in [5.74, 6) is 0.267. The van der Waals surface area contributed by atoms with Crippen LogP contribution in [-0.4, -0.2) is 30.0 Å². The van der Waals surface area contributed by atoms with Gasteiger partial charge in [-0.1, -0.05) is 22.9 Å². The highest BCUT2D eigenvalue weighted by Gasteiger charge is 2.22. The number of halogens is 2. The SMILES string of the molecule is CCCN(OCC)C(=O)C1=Cc2c(I)cc(Br)cc2N=C(N)C1. The monoisotopic (exact) mass is 491 g/mol. The first-order chi connectivity index (χ1) is 11.0. The normalized spacial score (nSPS) is 13.7. The molecular weight excluding hydrogens is 473 g/mol. The van der Waals surface area contributed by atoms with Crippen molar-refractivity contribution in [2.45, 2.75) is 26.7 Å². The summed E-state index contributed by atoms with van der Waals surface area (Å²) in [6.45, 7) is 4.87. The maximum Gasteiger partial charge on any atom is 0.273 e. The average Bonchev–Trinajstić information content (AvgIpc) is 2.64. The van der Waals surface area contributed by atoms with Crippen LogP contribution in [0.3, 0.4) is 0 Å². The summed E-state index contributed by atoms with van der Waals surface area (Å²) in [6.07, 6.45) is 3.01. The quantitative estimate of drug-likeness (QED) is 0.499. The van der Waals surface area contributed by atoms with E-state index in [2.05, 4.69) is 43.5 Å². The van der Waals surface area contributed by atoms with Crippen LogP contribution in [0.25, 0.3) is 6.08 Å². The summed E-state index contributed by atoms with van der Waals surface area (Å²) in [5, 5.41) is 1.41. The molecule has 124 valence electrons. The largest absolute Gasteiger partial charge is 0.387 e. The van der Waals surface area contributed by atoms with Crippen molar-refractivity contribution in [3.63, 3.8) is 0 Å². The van der Waals surface area contributed by atoms with E-state index in [0.717, 1.165) is 25.7 Å². The molecule has 1 heterocycles. The van der Waals surface area contributed by atoms with Crippen molar-refractivity contribution >= 4 is 62.0 Å². The zero-order valence-electron chi connectivity index (χ0n) is 13.1. The van der Waals surface area contributed by atoms with E-state index >= 15 is 0 Å². The highest BCUT2D eigenvalue weighted by atomic mass is 127. The summed E-state index contributed by atoms with van der Waals surface area (Å²) in [7, 11) is 0. The number of hydrogen-bond acceptors (Lipinski definition) is 4. The van der Waals surface area contributed by atoms with Crippen LogP contribution in [0.5, 0.6) is 0 Å². The Labute approximate surface area is 158 Å². The van der Waals surface area contributed by atoms with E-state index in [4.69, 9.17) is 10.6 Å². The molecule has 2 rings (SSSR count). The minimum absolute atomic E-state index is 0.154. The first-order valence-electron chi connectivity index (χ1n) is 7.43. The highest BCUT2D eigenvalue weighted by Crippen LogP contribution is 2.33. The average molecular weight is 492 g/mol. The molecule has 1 aromatic rings. The predicted molar refractivity (Wildman–Crippen MR) is 104 cm³/mol. The maximum atomic E-state index is 12.8. The number of aliphatic imine (C=N–C) groups is 1. The lowest BCUT2D eigenvalue weighted by Crippen LogP contribution is -2.34. The molecule has 23 heavy (non-hydrogen) atoms. The van der Waals surface area contributed by atoms with Gasteiger partial charge < -0.3 is 5.73 Å². The molecule has 1 aliphatic rings. The first-order valence-corrected chi connectivity index (χ1v) is 9.30. The predicted octanol–water partition coefficient (Wildman–Crippen LogP) is 4.02. The third-order valence-corrected chi connectivity index (χ3v) is 4.59. The number of carbonyl (C=O) groups is 1. The first kappa shape index (κ1) is 18.4. The number of rotatable bonds is 5. The van der Waals surface area contributed by atoms with Gasteiger partial charge in [0, 0.05) is 32.1 Å². The van der Waals surface area contributed by atoms with Gasteiger partial charge in [0.1, 0.15) is 5.84 Å². The second-order valence-corrected chi connectivity index (χ2v) is 7.17. The van der Waals surface area contributed by atoms with Gasteiger partial charge in [0.25, 0.3) is 5.91 Å². The topological polar surface area (TPSA) is 67.9 Å². The van der Waals surface area contributed by atoms with E-state index in [0.29, 0.717) is 31.0 Å². The Hall–Kier alpha value is -0.930. The minimum atomic E-state index is -0.154. The van der Waals surface area contributed by atoms with E-state index in [9.17, 15) is 4.79 Å². The van der Waals surface area contributed by atoms with E-state index in [-0.39, 0.29) is 5.91 Å². The molecule has 0 bridgehead atoms. The number of benzene rings is 1. The standard InChI is InChI=1S/C16H19BrIN3O2/c1-3-5-21(23-4-2)16(22)10-6-12-13(18)8-11(17)9-14(12)20-15(19)7-10/h6,8-9H,3-5,7H2,1-2H3,(H2,19,20). The molecule has 1 amide bonds. The van der Waals surface area contributed by atoms with Crippen molar-refractivity contribution in [3.8, 4) is 0 Å². The van der Waals surface area contributed by atoms with Gasteiger partial charge in [-0.25, -0.2) is 10.1 Å². The van der Waals surface area contributed by atoms with Crippen LogP contribution >= 0.6 is 38.5 Å². The van der Waals surface area contributed by atoms with Crippen LogP contribution in [0.1, 0.15) is 32.3 Å². The third-order valence-electron chi connectivity index (χ3n) is 3.24. The molecule has 0 saturated heterocycles. The molecular formula is C16H19BrIN3O2. The Bertz CT molecular complexity index is 668. The van der Waals surface area contributed by atoms with Crippen molar-refractivity contribution in [1.29, 1.82) is 0 Å². The van der Waals surface area contributed by atoms with Gasteiger partial charge in [-0.2, -0.15) is 0 Å². The second kappa shape index (κ2) is 8.25. The van der Waals surface area contributed by atoms with Gasteiger partial charge >= 0.3 is 0 Å². The molecule has 0 saturated carbocycles. The van der Waals surface area contributed by atoms with Crippen LogP contribution in [-0.2, 0) is 9.63 Å². The molecule has 0 atom stereocenters. The summed E-state index contributed by atoms with van der Waals surface area (Å²) < 4.78 is 1.94. The lowest BCUT2D eigenvalue weighted by molar-refractivity contribution is -0.180. The summed E-state index contributed by atoms with van der Waals surface area (Å²) in [6, 6.07) is 3.89. The molecule has 5 nitrogen and oxygen atoms in total. The maximum absolute atomic E-state index is 12.8. The summed E-state index contributed by atoms with van der Waals surface area (Å²) in [5.41, 5.74) is 8.27. The summed E-state index contributed by atoms with van der Waals surface area (Å²) in [4.78, 5) is 22.7. The Morgan fingerprint density at radius 1 is 1.48 bits per heavy atom. The van der Waals surface area contributed by atoms with Crippen molar-refractivity contribution in [2.75, 3.05) is 13.2 Å². The van der Waals surface area contributed by atoms with E-state index < -0.39 is 0 Å². The van der Waals surface area contributed by atoms with Crippen molar-refractivity contribution in [2.24, 2.45) is 10.7 Å². The van der Waals surface area contributed by atoms with E-state index in [1.165, 1.54) is 5.06 Å². The Kier molecular flexibility index (Phi) is 6.60. The molecule has 1 aliphatic heterocycles. The van der Waals surface area contributed by atoms with Gasteiger partial charge in [0.05, 0.1) is 12.3 Å². The van der Waals surface area contributed by atoms with Gasteiger partial charge in [-0.15, -0.1) is 0 Å². The lowest BCUT2D eigenvalue weighted by atomic mass is 10.1. The van der Waals surface area contributed by atoms with Gasteiger partial charge in [0.15, 0.2) is 0 Å². The number of nitrogens with two attached hydrogens (primary N) is 1. The number of amidine groups is 1. The Balaban J connectivity index is 2.44. The van der Waals surface area contributed by atoms with Gasteiger partial charge in [0.2, 0.25) is 0 Å². The summed E-state index contributed by atoms with van der Waals surface area (Å²) >= 11 is 5.70. The number of fused-ring (bicyclic) bond motifs is 1. The molecule has 0 aliphatic carbocycles. The smallest absolute Gasteiger partial charge is 0.273 e. The molecule has 0 unspecified atom stereocenters. The highest BCUT2D eigenvalue weighted by molar-refractivity contribution is 14.1. The molecule has 2 N–H and O–H groups in total. The fraction of sp³-hybridized carbons (Fsp3) is 0.375. The molecule has 0 spiro atoms. The zero-order valence-corrected chi connectivity index (χ0v) is 16.8. The molecule has 1 aromatic carbocycles. The lowest BCUT2D eigenvalue weighted by Gasteiger charge is -2.21. The van der Waals surface area contributed by atoms with Crippen molar-refractivity contribution in [3.05, 3.63) is 31.3 Å². The number of nitrogens with zero attached hydrogens (tertiary/aromatic N) is 2. The minimum Gasteiger partial charge on any atom is -0.387 e.